The molecule has 0 radical (unpaired) electrons. The van der Waals surface area contributed by atoms with Crippen LogP contribution < -0.4 is 0 Å². The zero-order valence-electron chi connectivity index (χ0n) is 8.14. The highest BCUT2D eigenvalue weighted by Crippen LogP contribution is 2.24. The van der Waals surface area contributed by atoms with E-state index < -0.39 is 9.24 Å². The van der Waals surface area contributed by atoms with Gasteiger partial charge in [-0.3, -0.25) is 0 Å². The topological polar surface area (TPSA) is 39.1 Å². The van der Waals surface area contributed by atoms with Gasteiger partial charge in [0.15, 0.2) is 0 Å². The summed E-state index contributed by atoms with van der Waals surface area (Å²) in [6.07, 6.45) is 2.35. The van der Waals surface area contributed by atoms with Crippen LogP contribution in [-0.4, -0.2) is 12.4 Å². The standard InChI is InChI=1S/C10H10ClNO2S/c1-2-8-7-12(15(11,13)14)10-6-4-3-5-9(8)10/h3-7H,2H2,1H3. The lowest BCUT2D eigenvalue weighted by Gasteiger charge is -1.97. The molecule has 15 heavy (non-hydrogen) atoms. The Morgan fingerprint density at radius 2 is 2.00 bits per heavy atom. The Labute approximate surface area is 92.8 Å². The Morgan fingerprint density at radius 3 is 2.60 bits per heavy atom. The van der Waals surface area contributed by atoms with E-state index in [0.29, 0.717) is 5.52 Å². The second-order valence-corrected chi connectivity index (χ2v) is 5.65. The summed E-state index contributed by atoms with van der Waals surface area (Å²) < 4.78 is 23.7. The molecular weight excluding hydrogens is 234 g/mol. The van der Waals surface area contributed by atoms with E-state index in [4.69, 9.17) is 10.7 Å². The van der Waals surface area contributed by atoms with E-state index in [1.807, 2.05) is 19.1 Å². The zero-order chi connectivity index (χ0) is 11.1. The molecule has 80 valence electrons. The summed E-state index contributed by atoms with van der Waals surface area (Å²) in [5, 5.41) is 0.934. The lowest BCUT2D eigenvalue weighted by molar-refractivity contribution is 0.603. The van der Waals surface area contributed by atoms with Crippen molar-refractivity contribution < 1.29 is 8.42 Å². The molecule has 1 aromatic carbocycles. The van der Waals surface area contributed by atoms with E-state index in [-0.39, 0.29) is 0 Å². The van der Waals surface area contributed by atoms with Gasteiger partial charge < -0.3 is 0 Å². The Kier molecular flexibility index (Phi) is 2.48. The second-order valence-electron chi connectivity index (χ2n) is 3.26. The summed E-state index contributed by atoms with van der Waals surface area (Å²) in [6.45, 7) is 1.98. The van der Waals surface area contributed by atoms with Crippen molar-refractivity contribution in [2.24, 2.45) is 0 Å². The third-order valence-electron chi connectivity index (χ3n) is 2.38. The maximum absolute atomic E-state index is 11.3. The molecule has 0 aliphatic carbocycles. The number of aryl methyl sites for hydroxylation is 1. The molecule has 0 N–H and O–H groups in total. The Morgan fingerprint density at radius 1 is 1.33 bits per heavy atom. The fraction of sp³-hybridized carbons (Fsp3) is 0.200. The smallest absolute Gasteiger partial charge is 0.232 e. The van der Waals surface area contributed by atoms with E-state index in [2.05, 4.69) is 0 Å². The first-order chi connectivity index (χ1) is 7.04. The van der Waals surface area contributed by atoms with Gasteiger partial charge in [-0.05, 0) is 18.1 Å². The maximum Gasteiger partial charge on any atom is 0.325 e. The molecule has 1 heterocycles. The van der Waals surface area contributed by atoms with Crippen LogP contribution in [0.25, 0.3) is 10.9 Å². The fourth-order valence-electron chi connectivity index (χ4n) is 1.68. The zero-order valence-corrected chi connectivity index (χ0v) is 9.72. The number of aromatic nitrogens is 1. The minimum atomic E-state index is -3.73. The molecule has 0 saturated carbocycles. The first-order valence-electron chi connectivity index (χ1n) is 4.58. The van der Waals surface area contributed by atoms with Crippen LogP contribution in [0.15, 0.2) is 30.5 Å². The third-order valence-corrected chi connectivity index (χ3v) is 3.59. The monoisotopic (exact) mass is 243 g/mol. The maximum atomic E-state index is 11.3. The number of nitrogens with zero attached hydrogens (tertiary/aromatic N) is 1. The van der Waals surface area contributed by atoms with Crippen LogP contribution in [0, 0.1) is 0 Å². The summed E-state index contributed by atoms with van der Waals surface area (Å²) in [6, 6.07) is 7.31. The van der Waals surface area contributed by atoms with Crippen molar-refractivity contribution in [3.63, 3.8) is 0 Å². The average molecular weight is 244 g/mol. The molecule has 0 fully saturated rings. The predicted molar refractivity (Wildman–Crippen MR) is 61.5 cm³/mol. The number of para-hydroxylation sites is 1. The van der Waals surface area contributed by atoms with E-state index in [0.717, 1.165) is 21.3 Å². The van der Waals surface area contributed by atoms with E-state index in [9.17, 15) is 8.42 Å². The number of fused-ring (bicyclic) bond motifs is 1. The summed E-state index contributed by atoms with van der Waals surface area (Å²) >= 11 is 0. The number of hydrogen-bond donors (Lipinski definition) is 0. The van der Waals surface area contributed by atoms with Crippen molar-refractivity contribution >= 4 is 30.8 Å². The fourth-order valence-corrected chi connectivity index (χ4v) is 2.67. The molecule has 1 aromatic heterocycles. The lowest BCUT2D eigenvalue weighted by Crippen LogP contribution is -2.02. The van der Waals surface area contributed by atoms with Crippen LogP contribution in [0.3, 0.4) is 0 Å². The molecule has 2 rings (SSSR count). The quantitative estimate of drug-likeness (QED) is 0.761. The molecule has 0 bridgehead atoms. The number of halogens is 1. The van der Waals surface area contributed by atoms with Crippen molar-refractivity contribution in [2.45, 2.75) is 13.3 Å². The van der Waals surface area contributed by atoms with E-state index >= 15 is 0 Å². The van der Waals surface area contributed by atoms with Gasteiger partial charge in [-0.15, -0.1) is 0 Å². The normalized spacial score (nSPS) is 12.1. The predicted octanol–water partition coefficient (Wildman–Crippen LogP) is 2.54. The Balaban J connectivity index is 2.88. The van der Waals surface area contributed by atoms with Crippen LogP contribution in [0.2, 0.25) is 0 Å². The summed E-state index contributed by atoms with van der Waals surface area (Å²) in [5.74, 6) is 0. The van der Waals surface area contributed by atoms with Crippen LogP contribution in [-0.2, 0) is 15.7 Å². The first-order valence-corrected chi connectivity index (χ1v) is 6.84. The molecule has 0 amide bonds. The van der Waals surface area contributed by atoms with E-state index in [1.54, 1.807) is 18.3 Å². The molecule has 0 aliphatic heterocycles. The van der Waals surface area contributed by atoms with Gasteiger partial charge in [0.2, 0.25) is 0 Å². The van der Waals surface area contributed by atoms with Gasteiger partial charge >= 0.3 is 9.24 Å². The Hall–Kier alpha value is -1.00. The molecule has 0 atom stereocenters. The van der Waals surface area contributed by atoms with E-state index in [1.165, 1.54) is 0 Å². The minimum Gasteiger partial charge on any atom is -0.232 e. The third kappa shape index (κ3) is 1.75. The molecule has 5 heteroatoms. The molecule has 0 unspecified atom stereocenters. The molecule has 3 nitrogen and oxygen atoms in total. The summed E-state index contributed by atoms with van der Waals surface area (Å²) in [4.78, 5) is 0. The SMILES string of the molecule is CCc1cn(S(=O)(=O)Cl)c2ccccc12. The van der Waals surface area contributed by atoms with Crippen molar-refractivity contribution in [2.75, 3.05) is 0 Å². The minimum absolute atomic E-state index is 0.629. The van der Waals surface area contributed by atoms with Gasteiger partial charge in [0.25, 0.3) is 0 Å². The molecule has 0 saturated heterocycles. The highest BCUT2D eigenvalue weighted by atomic mass is 35.7. The van der Waals surface area contributed by atoms with Crippen molar-refractivity contribution in [3.8, 4) is 0 Å². The van der Waals surface area contributed by atoms with Crippen molar-refractivity contribution in [3.05, 3.63) is 36.0 Å². The molecule has 0 aliphatic rings. The second kappa shape index (κ2) is 3.54. The molecular formula is C10H10ClNO2S. The van der Waals surface area contributed by atoms with Gasteiger partial charge in [-0.1, -0.05) is 25.1 Å². The number of rotatable bonds is 2. The van der Waals surface area contributed by atoms with Gasteiger partial charge in [-0.25, -0.2) is 3.97 Å². The van der Waals surface area contributed by atoms with Crippen LogP contribution in [0.4, 0.5) is 0 Å². The van der Waals surface area contributed by atoms with Crippen LogP contribution >= 0.6 is 10.7 Å². The largest absolute Gasteiger partial charge is 0.325 e. The highest BCUT2D eigenvalue weighted by molar-refractivity contribution is 8.12. The van der Waals surface area contributed by atoms with Gasteiger partial charge in [-0.2, -0.15) is 8.42 Å². The average Bonchev–Trinajstić information content (AvgIpc) is 2.55. The lowest BCUT2D eigenvalue weighted by atomic mass is 10.1. The van der Waals surface area contributed by atoms with Crippen molar-refractivity contribution in [1.82, 2.24) is 3.97 Å². The Bertz CT molecular complexity index is 601. The van der Waals surface area contributed by atoms with Crippen LogP contribution in [0.1, 0.15) is 12.5 Å². The number of benzene rings is 1. The molecule has 2 aromatic rings. The summed E-state index contributed by atoms with van der Waals surface area (Å²) in [7, 11) is 1.61. The first kappa shape index (κ1) is 10.5. The molecule has 0 spiro atoms. The number of hydrogen-bond acceptors (Lipinski definition) is 2. The summed E-state index contributed by atoms with van der Waals surface area (Å²) in [5.41, 5.74) is 1.61. The van der Waals surface area contributed by atoms with Crippen molar-refractivity contribution in [1.29, 1.82) is 0 Å². The van der Waals surface area contributed by atoms with Crippen LogP contribution in [0.5, 0.6) is 0 Å². The van der Waals surface area contributed by atoms with Gasteiger partial charge in [0.1, 0.15) is 0 Å². The van der Waals surface area contributed by atoms with Gasteiger partial charge in [0, 0.05) is 22.3 Å². The highest BCUT2D eigenvalue weighted by Gasteiger charge is 2.14. The van der Waals surface area contributed by atoms with Gasteiger partial charge in [0.05, 0.1) is 5.52 Å².